The van der Waals surface area contributed by atoms with E-state index in [4.69, 9.17) is 37.0 Å². The highest BCUT2D eigenvalue weighted by atomic mass is 31.2. The molecule has 0 spiro atoms. The van der Waals surface area contributed by atoms with Crippen LogP contribution in [0.3, 0.4) is 0 Å². The highest BCUT2D eigenvalue weighted by Gasteiger charge is 2.30. The first kappa shape index (κ1) is 90.5. The predicted octanol–water partition coefficient (Wildman–Crippen LogP) is 21.2. The quantitative estimate of drug-likeness (QED) is 0.0169. The normalized spacial score (nSPS) is 14.2. The number of aliphatic hydroxyl groups excluding tert-OH is 1. The lowest BCUT2D eigenvalue weighted by atomic mass is 10.0. The summed E-state index contributed by atoms with van der Waals surface area (Å²) in [6.45, 7) is 7.21. The molecule has 548 valence electrons. The van der Waals surface area contributed by atoms with Crippen LogP contribution < -0.4 is 0 Å². The van der Waals surface area contributed by atoms with Crippen LogP contribution >= 0.6 is 15.6 Å². The molecule has 0 heterocycles. The third kappa shape index (κ3) is 67.9. The van der Waals surface area contributed by atoms with Crippen molar-refractivity contribution >= 4 is 39.5 Å². The number of carbonyl (C=O) groups excluding carboxylic acids is 4. The Kier molecular flexibility index (Phi) is 65.0. The van der Waals surface area contributed by atoms with Gasteiger partial charge in [0.25, 0.3) is 0 Å². The average Bonchev–Trinajstić information content (AvgIpc) is 3.12. The number of hydrogen-bond acceptors (Lipinski definition) is 15. The van der Waals surface area contributed by atoms with Crippen LogP contribution in [-0.2, 0) is 65.4 Å². The van der Waals surface area contributed by atoms with Gasteiger partial charge in [0.05, 0.1) is 26.4 Å². The van der Waals surface area contributed by atoms with E-state index in [9.17, 15) is 43.2 Å². The molecule has 93 heavy (non-hydrogen) atoms. The van der Waals surface area contributed by atoms with Gasteiger partial charge >= 0.3 is 39.5 Å². The topological polar surface area (TPSA) is 237 Å². The number of esters is 4. The molecule has 0 aliphatic carbocycles. The molecule has 0 aromatic rings. The molecule has 3 N–H and O–H groups in total. The van der Waals surface area contributed by atoms with Crippen molar-refractivity contribution in [2.24, 2.45) is 5.92 Å². The van der Waals surface area contributed by atoms with Gasteiger partial charge in [0.1, 0.15) is 19.3 Å². The first-order valence-corrected chi connectivity index (χ1v) is 40.9. The van der Waals surface area contributed by atoms with E-state index < -0.39 is 97.5 Å². The second-order valence-electron chi connectivity index (χ2n) is 26.5. The van der Waals surface area contributed by atoms with E-state index in [-0.39, 0.29) is 25.7 Å². The molecule has 0 fully saturated rings. The van der Waals surface area contributed by atoms with E-state index in [0.29, 0.717) is 25.7 Å². The number of hydrogen-bond donors (Lipinski definition) is 3. The Balaban J connectivity index is 5.25. The molecule has 0 saturated heterocycles. The Labute approximate surface area is 567 Å². The van der Waals surface area contributed by atoms with Gasteiger partial charge in [-0.2, -0.15) is 0 Å². The van der Waals surface area contributed by atoms with Gasteiger partial charge in [0, 0.05) is 25.7 Å². The minimum Gasteiger partial charge on any atom is -0.462 e. The fraction of sp³-hybridized carbons (Fsp3) is 0.892. The molecule has 0 rings (SSSR count). The van der Waals surface area contributed by atoms with Crippen molar-refractivity contribution in [1.29, 1.82) is 0 Å². The zero-order valence-corrected chi connectivity index (χ0v) is 61.7. The predicted molar refractivity (Wildman–Crippen MR) is 377 cm³/mol. The average molecular weight is 1360 g/mol. The van der Waals surface area contributed by atoms with Crippen molar-refractivity contribution in [3.63, 3.8) is 0 Å². The van der Waals surface area contributed by atoms with Crippen LogP contribution in [0.4, 0.5) is 0 Å². The molecule has 0 amide bonds. The molecular formula is C74H140O17P2. The van der Waals surface area contributed by atoms with Gasteiger partial charge in [-0.05, 0) is 57.3 Å². The van der Waals surface area contributed by atoms with Crippen molar-refractivity contribution in [2.75, 3.05) is 39.6 Å². The second kappa shape index (κ2) is 66.8. The van der Waals surface area contributed by atoms with Crippen molar-refractivity contribution < 1.29 is 80.2 Å². The van der Waals surface area contributed by atoms with Gasteiger partial charge < -0.3 is 33.8 Å². The summed E-state index contributed by atoms with van der Waals surface area (Å²) in [6, 6.07) is 0. The van der Waals surface area contributed by atoms with Gasteiger partial charge in [-0.15, -0.1) is 0 Å². The molecule has 19 heteroatoms. The lowest BCUT2D eigenvalue weighted by molar-refractivity contribution is -0.161. The number of ether oxygens (including phenoxy) is 4. The lowest BCUT2D eigenvalue weighted by Gasteiger charge is -2.21. The van der Waals surface area contributed by atoms with Crippen LogP contribution in [0.1, 0.15) is 362 Å². The molecule has 0 bridgehead atoms. The van der Waals surface area contributed by atoms with Gasteiger partial charge in [-0.25, -0.2) is 9.13 Å². The maximum Gasteiger partial charge on any atom is 0.472 e. The Bertz CT molecular complexity index is 1880. The Hall–Kier alpha value is -2.46. The molecular weight excluding hydrogens is 1220 g/mol. The summed E-state index contributed by atoms with van der Waals surface area (Å²) >= 11 is 0. The first-order chi connectivity index (χ1) is 45.0. The SMILES string of the molecule is CCCCCC/C=C\C=C/CCCCCCCC(=O)OC[C@H](COP(=O)(O)OC[C@@H](O)COP(=O)(O)OC[C@@H](COC(=O)CCCCCCCCCC)OC(=O)CCCCCCCCCCCCCC)OC(=O)CCCCCCCCCCCCCCCCCC(C)C. The molecule has 0 aliphatic rings. The third-order valence-electron chi connectivity index (χ3n) is 16.7. The molecule has 0 aromatic carbocycles. The van der Waals surface area contributed by atoms with Crippen LogP contribution in [0.5, 0.6) is 0 Å². The smallest absolute Gasteiger partial charge is 0.462 e. The fourth-order valence-electron chi connectivity index (χ4n) is 10.8. The van der Waals surface area contributed by atoms with E-state index in [1.165, 1.54) is 161 Å². The third-order valence-corrected chi connectivity index (χ3v) is 18.6. The van der Waals surface area contributed by atoms with Gasteiger partial charge in [-0.1, -0.05) is 309 Å². The number of carbonyl (C=O) groups is 4. The highest BCUT2D eigenvalue weighted by molar-refractivity contribution is 7.47. The molecule has 5 atom stereocenters. The standard InChI is InChI=1S/C74H140O17P2/c1-6-9-12-15-18-21-23-25-27-31-35-38-43-48-53-58-72(77)85-64-70(91-74(79)60-55-50-45-40-36-32-29-26-28-30-33-37-41-46-51-56-67(4)5)66-89-93(82,83)87-62-68(75)61-86-92(80,81)88-65-69(63-84-71(76)57-52-47-42-20-17-14-11-8-3)90-73(78)59-54-49-44-39-34-24-22-19-16-13-10-7-2/h21,23,25,27,67-70,75H,6-20,22,24,26,28-66H2,1-5H3,(H,80,81)(H,82,83)/b23-21-,27-25-/t68-,69+,70+/m0/s1. The number of phosphoric acid groups is 2. The van der Waals surface area contributed by atoms with Crippen molar-refractivity contribution in [3.05, 3.63) is 24.3 Å². The summed E-state index contributed by atoms with van der Waals surface area (Å²) in [6.07, 6.45) is 57.7. The number of phosphoric ester groups is 2. The largest absolute Gasteiger partial charge is 0.472 e. The van der Waals surface area contributed by atoms with Crippen LogP contribution in [0, 0.1) is 5.92 Å². The zero-order valence-electron chi connectivity index (χ0n) is 59.9. The van der Waals surface area contributed by atoms with Crippen molar-refractivity contribution in [2.45, 2.75) is 380 Å². The van der Waals surface area contributed by atoms with Crippen LogP contribution in [0.25, 0.3) is 0 Å². The van der Waals surface area contributed by atoms with E-state index in [1.807, 2.05) is 0 Å². The molecule has 17 nitrogen and oxygen atoms in total. The van der Waals surface area contributed by atoms with Gasteiger partial charge in [0.2, 0.25) is 0 Å². The summed E-state index contributed by atoms with van der Waals surface area (Å²) in [4.78, 5) is 72.6. The Morgan fingerprint density at radius 1 is 0.333 bits per heavy atom. The minimum absolute atomic E-state index is 0.101. The summed E-state index contributed by atoms with van der Waals surface area (Å²) in [5.74, 6) is -1.35. The Morgan fingerprint density at radius 2 is 0.581 bits per heavy atom. The van der Waals surface area contributed by atoms with Crippen molar-refractivity contribution in [3.8, 4) is 0 Å². The highest BCUT2D eigenvalue weighted by Crippen LogP contribution is 2.45. The summed E-state index contributed by atoms with van der Waals surface area (Å²) in [5, 5.41) is 10.6. The van der Waals surface area contributed by atoms with Gasteiger partial charge in [0.15, 0.2) is 12.2 Å². The summed E-state index contributed by atoms with van der Waals surface area (Å²) in [5.41, 5.74) is 0. The molecule has 0 radical (unpaired) electrons. The van der Waals surface area contributed by atoms with Crippen LogP contribution in [0.2, 0.25) is 0 Å². The summed E-state index contributed by atoms with van der Waals surface area (Å²) < 4.78 is 68.3. The Morgan fingerprint density at radius 3 is 0.882 bits per heavy atom. The number of unbranched alkanes of at least 4 members (excludes halogenated alkanes) is 41. The van der Waals surface area contributed by atoms with Crippen molar-refractivity contribution in [1.82, 2.24) is 0 Å². The van der Waals surface area contributed by atoms with E-state index in [0.717, 1.165) is 121 Å². The van der Waals surface area contributed by atoms with E-state index in [1.54, 1.807) is 0 Å². The van der Waals surface area contributed by atoms with Gasteiger partial charge in [-0.3, -0.25) is 37.3 Å². The number of rotatable bonds is 72. The maximum atomic E-state index is 13.1. The van der Waals surface area contributed by atoms with E-state index in [2.05, 4.69) is 58.9 Å². The first-order valence-electron chi connectivity index (χ1n) is 38.0. The summed E-state index contributed by atoms with van der Waals surface area (Å²) in [7, 11) is -9.91. The fourth-order valence-corrected chi connectivity index (χ4v) is 12.4. The maximum absolute atomic E-state index is 13.1. The van der Waals surface area contributed by atoms with E-state index >= 15 is 0 Å². The minimum atomic E-state index is -4.96. The zero-order chi connectivity index (χ0) is 68.4. The number of allylic oxidation sites excluding steroid dienone is 4. The van der Waals surface area contributed by atoms with Crippen LogP contribution in [-0.4, -0.2) is 96.7 Å². The monoisotopic (exact) mass is 1360 g/mol. The molecule has 0 aliphatic heterocycles. The molecule has 2 unspecified atom stereocenters. The second-order valence-corrected chi connectivity index (χ2v) is 29.4. The molecule has 0 aromatic heterocycles. The van der Waals surface area contributed by atoms with Crippen LogP contribution in [0.15, 0.2) is 24.3 Å². The number of aliphatic hydroxyl groups is 1. The molecule has 0 saturated carbocycles. The lowest BCUT2D eigenvalue weighted by Crippen LogP contribution is -2.30.